The molecule has 2 aromatic rings. The summed E-state index contributed by atoms with van der Waals surface area (Å²) in [6, 6.07) is 6.66. The van der Waals surface area contributed by atoms with Crippen LogP contribution in [-0.2, 0) is 0 Å². The SMILES string of the molecule is Fc1cc(Br)ccc1C(Br)c1cc(Cl)sc1Cl. The van der Waals surface area contributed by atoms with E-state index in [1.807, 2.05) is 0 Å². The molecule has 0 aliphatic heterocycles. The predicted octanol–water partition coefficient (Wildman–Crippen LogP) is 6.44. The van der Waals surface area contributed by atoms with Gasteiger partial charge < -0.3 is 0 Å². The molecule has 0 aliphatic rings. The zero-order valence-electron chi connectivity index (χ0n) is 8.18. The average Bonchev–Trinajstić information content (AvgIpc) is 2.57. The molecule has 1 aromatic carbocycles. The van der Waals surface area contributed by atoms with Crippen LogP contribution in [0.1, 0.15) is 16.0 Å². The average molecular weight is 419 g/mol. The molecule has 0 fully saturated rings. The van der Waals surface area contributed by atoms with E-state index in [2.05, 4.69) is 31.9 Å². The van der Waals surface area contributed by atoms with Gasteiger partial charge in [0.2, 0.25) is 0 Å². The fraction of sp³-hybridized carbons (Fsp3) is 0.0909. The molecule has 2 rings (SSSR count). The summed E-state index contributed by atoms with van der Waals surface area (Å²) in [6.45, 7) is 0. The van der Waals surface area contributed by atoms with E-state index in [4.69, 9.17) is 23.2 Å². The Morgan fingerprint density at radius 1 is 1.18 bits per heavy atom. The minimum absolute atomic E-state index is 0.292. The predicted molar refractivity (Wildman–Crippen MR) is 79.2 cm³/mol. The number of benzene rings is 1. The molecule has 1 atom stereocenters. The van der Waals surface area contributed by atoms with Crippen LogP contribution in [0.25, 0.3) is 0 Å². The number of hydrogen-bond donors (Lipinski definition) is 0. The minimum atomic E-state index is -0.299. The molecule has 0 nitrogen and oxygen atoms in total. The summed E-state index contributed by atoms with van der Waals surface area (Å²) in [7, 11) is 0. The van der Waals surface area contributed by atoms with Crippen LogP contribution in [0.4, 0.5) is 4.39 Å². The lowest BCUT2D eigenvalue weighted by Gasteiger charge is -2.10. The van der Waals surface area contributed by atoms with Crippen molar-refractivity contribution in [3.05, 3.63) is 54.4 Å². The monoisotopic (exact) mass is 416 g/mol. The molecule has 0 saturated heterocycles. The van der Waals surface area contributed by atoms with E-state index in [1.54, 1.807) is 18.2 Å². The molecule has 0 spiro atoms. The van der Waals surface area contributed by atoms with E-state index in [9.17, 15) is 4.39 Å². The normalized spacial score (nSPS) is 12.8. The van der Waals surface area contributed by atoms with Crippen molar-refractivity contribution in [3.63, 3.8) is 0 Å². The topological polar surface area (TPSA) is 0 Å². The maximum Gasteiger partial charge on any atom is 0.129 e. The van der Waals surface area contributed by atoms with Crippen LogP contribution in [0.15, 0.2) is 28.7 Å². The molecular formula is C11H5Br2Cl2FS. The van der Waals surface area contributed by atoms with Gasteiger partial charge in [0.15, 0.2) is 0 Å². The molecule has 17 heavy (non-hydrogen) atoms. The Kier molecular flexibility index (Phi) is 4.53. The molecule has 0 radical (unpaired) electrons. The summed E-state index contributed by atoms with van der Waals surface area (Å²) >= 11 is 19.9. The van der Waals surface area contributed by atoms with Gasteiger partial charge in [-0.3, -0.25) is 0 Å². The first kappa shape index (κ1) is 13.8. The number of thiophene rings is 1. The number of rotatable bonds is 2. The fourth-order valence-electron chi connectivity index (χ4n) is 1.40. The smallest absolute Gasteiger partial charge is 0.129 e. The highest BCUT2D eigenvalue weighted by Crippen LogP contribution is 2.42. The van der Waals surface area contributed by atoms with Gasteiger partial charge in [-0.1, -0.05) is 61.1 Å². The first-order valence-electron chi connectivity index (χ1n) is 4.53. The van der Waals surface area contributed by atoms with Gasteiger partial charge in [-0.15, -0.1) is 11.3 Å². The fourth-order valence-corrected chi connectivity index (χ4v) is 4.28. The molecule has 1 aromatic heterocycles. The van der Waals surface area contributed by atoms with Gasteiger partial charge in [0, 0.05) is 15.6 Å². The summed E-state index contributed by atoms with van der Waals surface area (Å²) in [5.74, 6) is -0.292. The molecule has 6 heteroatoms. The van der Waals surface area contributed by atoms with Crippen LogP contribution in [0.2, 0.25) is 8.67 Å². The first-order valence-corrected chi connectivity index (χ1v) is 7.81. The minimum Gasteiger partial charge on any atom is -0.207 e. The van der Waals surface area contributed by atoms with Crippen molar-refractivity contribution in [2.45, 2.75) is 4.83 Å². The highest BCUT2D eigenvalue weighted by Gasteiger charge is 2.19. The van der Waals surface area contributed by atoms with Crippen LogP contribution >= 0.6 is 66.4 Å². The highest BCUT2D eigenvalue weighted by molar-refractivity contribution is 9.10. The second-order valence-corrected chi connectivity index (χ2v) is 7.42. The Bertz CT molecular complexity index is 556. The molecule has 0 saturated carbocycles. The third kappa shape index (κ3) is 3.04. The Hall–Kier alpha value is 0.390. The zero-order chi connectivity index (χ0) is 12.6. The van der Waals surface area contributed by atoms with Gasteiger partial charge in [-0.25, -0.2) is 4.39 Å². The second kappa shape index (κ2) is 5.57. The van der Waals surface area contributed by atoms with Gasteiger partial charge in [0.1, 0.15) is 5.82 Å². The standard InChI is InChI=1S/C11H5Br2Cl2FS/c12-5-1-2-6(8(16)3-5)10(13)7-4-9(14)17-11(7)15/h1-4,10H. The Morgan fingerprint density at radius 2 is 1.88 bits per heavy atom. The van der Waals surface area contributed by atoms with Crippen molar-refractivity contribution in [2.75, 3.05) is 0 Å². The van der Waals surface area contributed by atoms with E-state index >= 15 is 0 Å². The van der Waals surface area contributed by atoms with E-state index in [0.29, 0.717) is 18.7 Å². The molecule has 0 bridgehead atoms. The Labute approximate surface area is 129 Å². The van der Waals surface area contributed by atoms with E-state index in [1.165, 1.54) is 17.4 Å². The molecule has 0 aliphatic carbocycles. The Morgan fingerprint density at radius 3 is 2.41 bits per heavy atom. The maximum absolute atomic E-state index is 13.8. The molecular weight excluding hydrogens is 414 g/mol. The van der Waals surface area contributed by atoms with Crippen molar-refractivity contribution in [1.29, 1.82) is 0 Å². The number of hydrogen-bond acceptors (Lipinski definition) is 1. The molecule has 0 amide bonds. The number of halogens is 5. The van der Waals surface area contributed by atoms with Crippen molar-refractivity contribution in [2.24, 2.45) is 0 Å². The van der Waals surface area contributed by atoms with E-state index < -0.39 is 0 Å². The van der Waals surface area contributed by atoms with Crippen LogP contribution in [0.5, 0.6) is 0 Å². The third-order valence-electron chi connectivity index (χ3n) is 2.19. The summed E-state index contributed by atoms with van der Waals surface area (Å²) in [4.78, 5) is -0.299. The van der Waals surface area contributed by atoms with Gasteiger partial charge in [0.05, 0.1) is 13.5 Å². The van der Waals surface area contributed by atoms with Crippen LogP contribution in [0, 0.1) is 5.82 Å². The lowest BCUT2D eigenvalue weighted by atomic mass is 10.1. The zero-order valence-corrected chi connectivity index (χ0v) is 13.7. The van der Waals surface area contributed by atoms with E-state index in [-0.39, 0.29) is 10.6 Å². The van der Waals surface area contributed by atoms with Crippen LogP contribution in [-0.4, -0.2) is 0 Å². The lowest BCUT2D eigenvalue weighted by molar-refractivity contribution is 0.613. The summed E-state index contributed by atoms with van der Waals surface area (Å²) in [5, 5.41) is 0. The van der Waals surface area contributed by atoms with E-state index in [0.717, 1.165) is 5.56 Å². The molecule has 1 heterocycles. The Balaban J connectivity index is 2.43. The first-order chi connectivity index (χ1) is 7.99. The quantitative estimate of drug-likeness (QED) is 0.492. The summed E-state index contributed by atoms with van der Waals surface area (Å²) in [5.41, 5.74) is 1.31. The summed E-state index contributed by atoms with van der Waals surface area (Å²) < 4.78 is 15.7. The molecule has 1 unspecified atom stereocenters. The lowest BCUT2D eigenvalue weighted by Crippen LogP contribution is -1.95. The summed E-state index contributed by atoms with van der Waals surface area (Å²) in [6.07, 6.45) is 0. The highest BCUT2D eigenvalue weighted by atomic mass is 79.9. The van der Waals surface area contributed by atoms with Crippen LogP contribution < -0.4 is 0 Å². The second-order valence-electron chi connectivity index (χ2n) is 3.31. The van der Waals surface area contributed by atoms with Crippen molar-refractivity contribution in [3.8, 4) is 0 Å². The van der Waals surface area contributed by atoms with Gasteiger partial charge in [-0.05, 0) is 18.2 Å². The maximum atomic E-state index is 13.8. The van der Waals surface area contributed by atoms with Crippen LogP contribution in [0.3, 0.4) is 0 Å². The van der Waals surface area contributed by atoms with Gasteiger partial charge in [0.25, 0.3) is 0 Å². The van der Waals surface area contributed by atoms with Crippen molar-refractivity contribution < 1.29 is 4.39 Å². The van der Waals surface area contributed by atoms with Crippen molar-refractivity contribution in [1.82, 2.24) is 0 Å². The van der Waals surface area contributed by atoms with Gasteiger partial charge in [-0.2, -0.15) is 0 Å². The largest absolute Gasteiger partial charge is 0.207 e. The van der Waals surface area contributed by atoms with Gasteiger partial charge >= 0.3 is 0 Å². The molecule has 0 N–H and O–H groups in total. The molecule has 90 valence electrons. The number of alkyl halides is 1. The third-order valence-corrected chi connectivity index (χ3v) is 5.19. The van der Waals surface area contributed by atoms with Crippen molar-refractivity contribution >= 4 is 66.4 Å².